The number of hydrogen-bond donors (Lipinski definition) is 2. The molecule has 0 unspecified atom stereocenters. The van der Waals surface area contributed by atoms with Crippen molar-refractivity contribution in [1.29, 1.82) is 0 Å². The lowest BCUT2D eigenvalue weighted by Crippen LogP contribution is -2.58. The second kappa shape index (κ2) is 7.53. The molecule has 21 heavy (non-hydrogen) atoms. The van der Waals surface area contributed by atoms with Gasteiger partial charge in [0.25, 0.3) is 0 Å². The van der Waals surface area contributed by atoms with Crippen LogP contribution in [0.4, 0.5) is 4.79 Å². The predicted octanol–water partition coefficient (Wildman–Crippen LogP) is 0.235. The van der Waals surface area contributed by atoms with Crippen LogP contribution in [0.5, 0.6) is 0 Å². The molecule has 122 valence electrons. The highest BCUT2D eigenvalue weighted by Crippen LogP contribution is 2.27. The Morgan fingerprint density at radius 2 is 1.71 bits per heavy atom. The number of thioether (sulfide) groups is 1. The number of hydrogen-bond acceptors (Lipinski definition) is 6. The molecule has 0 heterocycles. The quantitative estimate of drug-likeness (QED) is 0.679. The van der Waals surface area contributed by atoms with Gasteiger partial charge >= 0.3 is 6.09 Å². The highest BCUT2D eigenvalue weighted by atomic mass is 32.2. The number of alkyl carbamates (subject to hydrolysis) is 1. The lowest BCUT2D eigenvalue weighted by molar-refractivity contribution is -0.308. The van der Waals surface area contributed by atoms with Gasteiger partial charge in [-0.3, -0.25) is 4.79 Å². The topological polar surface area (TPSA) is 108 Å². The minimum absolute atomic E-state index is 0.219. The van der Waals surface area contributed by atoms with Crippen molar-refractivity contribution in [3.63, 3.8) is 0 Å². The number of carboxylic acid groups (broad SMARTS) is 1. The molecule has 0 saturated carbocycles. The maximum absolute atomic E-state index is 11.7. The van der Waals surface area contributed by atoms with Gasteiger partial charge in [-0.25, -0.2) is 4.79 Å². The smallest absolute Gasteiger partial charge is 0.408 e. The van der Waals surface area contributed by atoms with E-state index in [1.807, 2.05) is 0 Å². The largest absolute Gasteiger partial charge is 0.548 e. The van der Waals surface area contributed by atoms with E-state index < -0.39 is 28.5 Å². The van der Waals surface area contributed by atoms with Crippen LogP contribution in [-0.2, 0) is 14.3 Å². The van der Waals surface area contributed by atoms with Gasteiger partial charge in [-0.2, -0.15) is 0 Å². The molecule has 2 amide bonds. The Morgan fingerprint density at radius 3 is 2.10 bits per heavy atom. The highest BCUT2D eigenvalue weighted by Gasteiger charge is 2.33. The fraction of sp³-hybridized carbons (Fsp3) is 0.769. The van der Waals surface area contributed by atoms with Gasteiger partial charge in [0.2, 0.25) is 5.91 Å². The van der Waals surface area contributed by atoms with Crippen LogP contribution in [0.2, 0.25) is 0 Å². The summed E-state index contributed by atoms with van der Waals surface area (Å²) in [5.74, 6) is -1.41. The number of carbonyl (C=O) groups excluding carboxylic acids is 3. The van der Waals surface area contributed by atoms with E-state index in [-0.39, 0.29) is 11.8 Å². The van der Waals surface area contributed by atoms with Crippen molar-refractivity contribution in [1.82, 2.24) is 10.6 Å². The Labute approximate surface area is 129 Å². The first kappa shape index (κ1) is 19.6. The summed E-state index contributed by atoms with van der Waals surface area (Å²) in [6.45, 7) is 9.67. The van der Waals surface area contributed by atoms with E-state index in [1.165, 1.54) is 18.7 Å². The van der Waals surface area contributed by atoms with Gasteiger partial charge in [0, 0.05) is 11.7 Å². The number of nitrogens with one attached hydrogen (secondary N) is 2. The van der Waals surface area contributed by atoms with Crippen LogP contribution in [0.25, 0.3) is 0 Å². The summed E-state index contributed by atoms with van der Waals surface area (Å²) in [5.41, 5.74) is -0.728. The zero-order chi connectivity index (χ0) is 16.8. The lowest BCUT2D eigenvalue weighted by Gasteiger charge is -2.35. The van der Waals surface area contributed by atoms with Crippen molar-refractivity contribution in [2.24, 2.45) is 0 Å². The Hall–Kier alpha value is -1.44. The Kier molecular flexibility index (Phi) is 7.02. The third kappa shape index (κ3) is 8.44. The number of amides is 2. The summed E-state index contributed by atoms with van der Waals surface area (Å²) in [6, 6.07) is -1.26. The van der Waals surface area contributed by atoms with E-state index in [2.05, 4.69) is 10.6 Å². The van der Waals surface area contributed by atoms with Crippen molar-refractivity contribution < 1.29 is 24.2 Å². The maximum atomic E-state index is 11.7. The summed E-state index contributed by atoms with van der Waals surface area (Å²) in [6.07, 6.45) is -0.829. The number of carbonyl (C=O) groups is 3. The summed E-state index contributed by atoms with van der Waals surface area (Å²) >= 11 is 1.18. The van der Waals surface area contributed by atoms with Crippen molar-refractivity contribution in [3.05, 3.63) is 0 Å². The molecule has 0 aromatic rings. The van der Waals surface area contributed by atoms with E-state index >= 15 is 0 Å². The van der Waals surface area contributed by atoms with Gasteiger partial charge in [0.1, 0.15) is 5.60 Å². The van der Waals surface area contributed by atoms with Crippen LogP contribution < -0.4 is 15.7 Å². The van der Waals surface area contributed by atoms with Gasteiger partial charge in [-0.15, -0.1) is 11.8 Å². The minimum Gasteiger partial charge on any atom is -0.548 e. The van der Waals surface area contributed by atoms with Crippen LogP contribution in [-0.4, -0.2) is 40.2 Å². The van der Waals surface area contributed by atoms with Crippen molar-refractivity contribution in [3.8, 4) is 0 Å². The van der Waals surface area contributed by atoms with Crippen molar-refractivity contribution in [2.45, 2.75) is 57.9 Å². The zero-order valence-electron chi connectivity index (χ0n) is 13.2. The molecular formula is C13H23N2O5S-. The summed E-state index contributed by atoms with van der Waals surface area (Å²) in [4.78, 5) is 33.8. The number of ether oxygens (including phenoxy) is 1. The summed E-state index contributed by atoms with van der Waals surface area (Å²) in [5, 5.41) is 16.1. The average Bonchev–Trinajstić information content (AvgIpc) is 2.21. The Balaban J connectivity index is 4.76. The highest BCUT2D eigenvalue weighted by molar-refractivity contribution is 8.00. The van der Waals surface area contributed by atoms with Crippen LogP contribution >= 0.6 is 11.8 Å². The average molecular weight is 319 g/mol. The Morgan fingerprint density at radius 1 is 1.19 bits per heavy atom. The normalized spacial score (nSPS) is 13.2. The molecule has 0 saturated heterocycles. The van der Waals surface area contributed by atoms with E-state index in [4.69, 9.17) is 4.74 Å². The molecule has 0 radical (unpaired) electrons. The third-order valence-electron chi connectivity index (χ3n) is 2.36. The van der Waals surface area contributed by atoms with Gasteiger partial charge in [-0.05, 0) is 34.6 Å². The molecule has 0 aliphatic heterocycles. The fourth-order valence-electron chi connectivity index (χ4n) is 1.35. The Bertz CT molecular complexity index is 404. The van der Waals surface area contributed by atoms with Crippen LogP contribution in [0.1, 0.15) is 41.5 Å². The van der Waals surface area contributed by atoms with Crippen molar-refractivity contribution >= 4 is 29.7 Å². The SMILES string of the molecule is CC(=O)NCSC(C)(C)[C@@H](NC(=O)OC(C)(C)C)C(=O)[O-]. The van der Waals surface area contributed by atoms with Crippen LogP contribution in [0.3, 0.4) is 0 Å². The monoisotopic (exact) mass is 319 g/mol. The molecule has 0 spiro atoms. The second-order valence-electron chi connectivity index (χ2n) is 6.02. The maximum Gasteiger partial charge on any atom is 0.408 e. The van der Waals surface area contributed by atoms with Gasteiger partial charge in [0.15, 0.2) is 0 Å². The molecular weight excluding hydrogens is 296 g/mol. The van der Waals surface area contributed by atoms with E-state index in [0.717, 1.165) is 0 Å². The molecule has 1 atom stereocenters. The zero-order valence-corrected chi connectivity index (χ0v) is 14.1. The lowest BCUT2D eigenvalue weighted by atomic mass is 10.0. The fourth-order valence-corrected chi connectivity index (χ4v) is 2.32. The van der Waals surface area contributed by atoms with Crippen LogP contribution in [0.15, 0.2) is 0 Å². The third-order valence-corrected chi connectivity index (χ3v) is 3.63. The van der Waals surface area contributed by atoms with E-state index in [1.54, 1.807) is 34.6 Å². The predicted molar refractivity (Wildman–Crippen MR) is 78.5 cm³/mol. The molecule has 0 aliphatic rings. The standard InChI is InChI=1S/C13H24N2O5S/c1-8(16)14-7-21-13(5,6)9(10(17)18)15-11(19)20-12(2,3)4/h9H,7H2,1-6H3,(H,14,16)(H,15,19)(H,17,18)/p-1/t9-/m0/s1. The first-order valence-corrected chi connectivity index (χ1v) is 7.42. The first-order chi connectivity index (χ1) is 9.35. The van der Waals surface area contributed by atoms with Gasteiger partial charge in [-0.1, -0.05) is 0 Å². The molecule has 0 aromatic carbocycles. The summed E-state index contributed by atoms with van der Waals surface area (Å²) < 4.78 is 4.15. The number of aliphatic carboxylic acids is 1. The number of carboxylic acids is 1. The molecule has 0 bridgehead atoms. The van der Waals surface area contributed by atoms with Gasteiger partial charge in [0.05, 0.1) is 17.9 Å². The second-order valence-corrected chi connectivity index (χ2v) is 7.65. The molecule has 0 aromatic heterocycles. The molecule has 2 N–H and O–H groups in total. The summed E-state index contributed by atoms with van der Waals surface area (Å²) in [7, 11) is 0. The molecule has 8 heteroatoms. The van der Waals surface area contributed by atoms with Gasteiger partial charge < -0.3 is 25.3 Å². The minimum atomic E-state index is -1.42. The number of rotatable bonds is 6. The van der Waals surface area contributed by atoms with Crippen LogP contribution in [0, 0.1) is 0 Å². The molecule has 0 fully saturated rings. The van der Waals surface area contributed by atoms with Crippen molar-refractivity contribution in [2.75, 3.05) is 5.88 Å². The molecule has 0 aliphatic carbocycles. The first-order valence-electron chi connectivity index (χ1n) is 6.44. The van der Waals surface area contributed by atoms with E-state index in [9.17, 15) is 19.5 Å². The molecule has 0 rings (SSSR count). The van der Waals surface area contributed by atoms with E-state index in [0.29, 0.717) is 0 Å². The molecule has 7 nitrogen and oxygen atoms in total.